The van der Waals surface area contributed by atoms with Gasteiger partial charge in [-0.2, -0.15) is 0 Å². The summed E-state index contributed by atoms with van der Waals surface area (Å²) >= 11 is 6.39. The number of hydrogen-bond donors (Lipinski definition) is 0. The zero-order valence-corrected chi connectivity index (χ0v) is 13.5. The highest BCUT2D eigenvalue weighted by Crippen LogP contribution is 2.37. The molecule has 0 radical (unpaired) electrons. The van der Waals surface area contributed by atoms with E-state index in [0.29, 0.717) is 12.5 Å². The molecule has 0 saturated heterocycles. The zero-order valence-electron chi connectivity index (χ0n) is 12.7. The van der Waals surface area contributed by atoms with E-state index in [9.17, 15) is 0 Å². The summed E-state index contributed by atoms with van der Waals surface area (Å²) in [5, 5.41) is 0.866. The maximum atomic E-state index is 6.39. The molecule has 0 spiro atoms. The van der Waals surface area contributed by atoms with Crippen LogP contribution in [0.3, 0.4) is 0 Å². The zero-order chi connectivity index (χ0) is 14.4. The van der Waals surface area contributed by atoms with Crippen molar-refractivity contribution in [1.29, 1.82) is 0 Å². The van der Waals surface area contributed by atoms with Gasteiger partial charge >= 0.3 is 0 Å². The maximum Gasteiger partial charge on any atom is 0.123 e. The van der Waals surface area contributed by atoms with Gasteiger partial charge in [-0.05, 0) is 56.7 Å². The number of halogens is 1. The van der Waals surface area contributed by atoms with Gasteiger partial charge in [-0.15, -0.1) is 0 Å². The molecule has 1 aromatic carbocycles. The van der Waals surface area contributed by atoms with E-state index in [0.717, 1.165) is 34.7 Å². The standard InChI is InChI=1S/C17H25ClO/c1-6-8-9-10-12(3)16-14(5)17(18)13(4)11-15(16)19-7-2/h8-9,11-12H,6-7,10H2,1-5H3/b9-8-. The molecule has 1 aromatic rings. The van der Waals surface area contributed by atoms with Crippen LogP contribution in [0, 0.1) is 13.8 Å². The number of rotatable bonds is 6. The Hall–Kier alpha value is -0.950. The summed E-state index contributed by atoms with van der Waals surface area (Å²) in [6, 6.07) is 2.06. The smallest absolute Gasteiger partial charge is 0.123 e. The fourth-order valence-corrected chi connectivity index (χ4v) is 2.57. The molecule has 0 aliphatic heterocycles. The van der Waals surface area contributed by atoms with Crippen LogP contribution in [0.25, 0.3) is 0 Å². The molecular weight excluding hydrogens is 256 g/mol. The number of aryl methyl sites for hydroxylation is 1. The third-order valence-corrected chi connectivity index (χ3v) is 3.96. The summed E-state index contributed by atoms with van der Waals surface area (Å²) in [5.74, 6) is 1.40. The van der Waals surface area contributed by atoms with Gasteiger partial charge in [0.2, 0.25) is 0 Å². The van der Waals surface area contributed by atoms with Crippen LogP contribution in [0.1, 0.15) is 56.2 Å². The van der Waals surface area contributed by atoms with E-state index in [1.807, 2.05) is 13.8 Å². The monoisotopic (exact) mass is 280 g/mol. The third kappa shape index (κ3) is 4.01. The lowest BCUT2D eigenvalue weighted by molar-refractivity contribution is 0.334. The van der Waals surface area contributed by atoms with Crippen LogP contribution in [0.4, 0.5) is 0 Å². The molecule has 0 bridgehead atoms. The number of allylic oxidation sites excluding steroid dienone is 2. The lowest BCUT2D eigenvalue weighted by Gasteiger charge is -2.20. The van der Waals surface area contributed by atoms with Gasteiger partial charge < -0.3 is 4.74 Å². The van der Waals surface area contributed by atoms with Crippen molar-refractivity contribution in [2.75, 3.05) is 6.61 Å². The molecule has 0 fully saturated rings. The number of benzene rings is 1. The van der Waals surface area contributed by atoms with Crippen LogP contribution in [-0.2, 0) is 0 Å². The molecule has 0 amide bonds. The van der Waals surface area contributed by atoms with Crippen LogP contribution in [0.5, 0.6) is 5.75 Å². The summed E-state index contributed by atoms with van der Waals surface area (Å²) in [7, 11) is 0. The summed E-state index contributed by atoms with van der Waals surface area (Å²) in [5.41, 5.74) is 3.49. The first-order chi connectivity index (χ1) is 9.02. The van der Waals surface area contributed by atoms with Gasteiger partial charge in [-0.3, -0.25) is 0 Å². The van der Waals surface area contributed by atoms with Crippen LogP contribution in [0.2, 0.25) is 5.02 Å². The van der Waals surface area contributed by atoms with Crippen molar-refractivity contribution in [2.45, 2.75) is 53.4 Å². The van der Waals surface area contributed by atoms with E-state index >= 15 is 0 Å². The first kappa shape index (κ1) is 16.1. The summed E-state index contributed by atoms with van der Waals surface area (Å²) in [6.45, 7) is 11.2. The Balaban J connectivity index is 3.15. The first-order valence-electron chi connectivity index (χ1n) is 7.10. The van der Waals surface area contributed by atoms with Crippen molar-refractivity contribution in [3.63, 3.8) is 0 Å². The van der Waals surface area contributed by atoms with Crippen molar-refractivity contribution < 1.29 is 4.74 Å². The van der Waals surface area contributed by atoms with Gasteiger partial charge in [0, 0.05) is 10.6 Å². The van der Waals surface area contributed by atoms with E-state index < -0.39 is 0 Å². The highest BCUT2D eigenvalue weighted by molar-refractivity contribution is 6.32. The molecule has 0 aromatic heterocycles. The van der Waals surface area contributed by atoms with Gasteiger partial charge in [0.05, 0.1) is 6.61 Å². The Morgan fingerprint density at radius 1 is 1.26 bits per heavy atom. The van der Waals surface area contributed by atoms with Gasteiger partial charge in [-0.25, -0.2) is 0 Å². The van der Waals surface area contributed by atoms with Crippen molar-refractivity contribution in [3.8, 4) is 5.75 Å². The van der Waals surface area contributed by atoms with E-state index in [2.05, 4.69) is 39.0 Å². The van der Waals surface area contributed by atoms with E-state index in [-0.39, 0.29) is 0 Å². The summed E-state index contributed by atoms with van der Waals surface area (Å²) in [4.78, 5) is 0. The van der Waals surface area contributed by atoms with Crippen LogP contribution >= 0.6 is 11.6 Å². The molecule has 1 nitrogen and oxygen atoms in total. The molecule has 0 aliphatic carbocycles. The molecule has 19 heavy (non-hydrogen) atoms. The van der Waals surface area contributed by atoms with E-state index in [4.69, 9.17) is 16.3 Å². The first-order valence-corrected chi connectivity index (χ1v) is 7.48. The average molecular weight is 281 g/mol. The Kier molecular flexibility index (Phi) is 6.44. The molecule has 1 rings (SSSR count). The Bertz CT molecular complexity index is 449. The lowest BCUT2D eigenvalue weighted by atomic mass is 9.91. The van der Waals surface area contributed by atoms with Crippen molar-refractivity contribution in [2.24, 2.45) is 0 Å². The maximum absolute atomic E-state index is 6.39. The molecule has 0 aliphatic rings. The highest BCUT2D eigenvalue weighted by atomic mass is 35.5. The van der Waals surface area contributed by atoms with Gasteiger partial charge in [0.1, 0.15) is 5.75 Å². The minimum atomic E-state index is 0.419. The van der Waals surface area contributed by atoms with Crippen LogP contribution < -0.4 is 4.74 Å². The predicted octanol–water partition coefficient (Wildman–Crippen LogP) is 5.82. The molecule has 106 valence electrons. The third-order valence-electron chi connectivity index (χ3n) is 3.38. The molecule has 0 heterocycles. The van der Waals surface area contributed by atoms with Gasteiger partial charge in [-0.1, -0.05) is 37.6 Å². The minimum Gasteiger partial charge on any atom is -0.494 e. The van der Waals surface area contributed by atoms with Crippen molar-refractivity contribution in [1.82, 2.24) is 0 Å². The Morgan fingerprint density at radius 2 is 1.95 bits per heavy atom. The largest absolute Gasteiger partial charge is 0.494 e. The minimum absolute atomic E-state index is 0.419. The van der Waals surface area contributed by atoms with Crippen LogP contribution in [-0.4, -0.2) is 6.61 Å². The second-order valence-corrected chi connectivity index (χ2v) is 5.37. The fraction of sp³-hybridized carbons (Fsp3) is 0.529. The van der Waals surface area contributed by atoms with E-state index in [1.165, 1.54) is 5.56 Å². The molecule has 0 N–H and O–H groups in total. The fourth-order valence-electron chi connectivity index (χ4n) is 2.41. The molecular formula is C17H25ClO. The number of hydrogen-bond acceptors (Lipinski definition) is 1. The lowest BCUT2D eigenvalue weighted by Crippen LogP contribution is -2.04. The van der Waals surface area contributed by atoms with Crippen molar-refractivity contribution in [3.05, 3.63) is 39.9 Å². The average Bonchev–Trinajstić information content (AvgIpc) is 2.37. The molecule has 1 atom stereocenters. The molecule has 2 heteroatoms. The van der Waals surface area contributed by atoms with Crippen LogP contribution in [0.15, 0.2) is 18.2 Å². The normalized spacial score (nSPS) is 12.9. The topological polar surface area (TPSA) is 9.23 Å². The summed E-state index contributed by atoms with van der Waals surface area (Å²) in [6.07, 6.45) is 6.56. The van der Waals surface area contributed by atoms with Crippen molar-refractivity contribution >= 4 is 11.6 Å². The van der Waals surface area contributed by atoms with E-state index in [1.54, 1.807) is 0 Å². The molecule has 0 saturated carbocycles. The number of ether oxygens (including phenoxy) is 1. The quantitative estimate of drug-likeness (QED) is 0.597. The van der Waals surface area contributed by atoms with Gasteiger partial charge in [0.15, 0.2) is 0 Å². The molecule has 1 unspecified atom stereocenters. The second kappa shape index (κ2) is 7.59. The summed E-state index contributed by atoms with van der Waals surface area (Å²) < 4.78 is 5.80. The Morgan fingerprint density at radius 3 is 2.53 bits per heavy atom. The van der Waals surface area contributed by atoms with Gasteiger partial charge in [0.25, 0.3) is 0 Å². The second-order valence-electron chi connectivity index (χ2n) is 4.99. The Labute approximate surface area is 122 Å². The SMILES string of the molecule is CC/C=C\CC(C)c1c(OCC)cc(C)c(Cl)c1C. The highest BCUT2D eigenvalue weighted by Gasteiger charge is 2.17. The predicted molar refractivity (Wildman–Crippen MR) is 84.6 cm³/mol.